The van der Waals surface area contributed by atoms with Gasteiger partial charge in [0.1, 0.15) is 5.69 Å². The highest BCUT2D eigenvalue weighted by Gasteiger charge is 2.32. The van der Waals surface area contributed by atoms with Gasteiger partial charge in [-0.15, -0.1) is 0 Å². The summed E-state index contributed by atoms with van der Waals surface area (Å²) in [7, 11) is 0. The van der Waals surface area contributed by atoms with Crippen molar-refractivity contribution in [1.29, 1.82) is 0 Å². The monoisotopic (exact) mass is 380 g/mol. The third-order valence-electron chi connectivity index (χ3n) is 4.90. The van der Waals surface area contributed by atoms with E-state index in [0.717, 1.165) is 12.8 Å². The fourth-order valence-corrected chi connectivity index (χ4v) is 3.50. The molecule has 0 spiro atoms. The number of nitrogen functional groups attached to an aromatic ring is 1. The average Bonchev–Trinajstić information content (AvgIpc) is 3.47. The molecule has 1 aromatic carbocycles. The summed E-state index contributed by atoms with van der Waals surface area (Å²) >= 11 is 0. The van der Waals surface area contributed by atoms with Gasteiger partial charge in [0.15, 0.2) is 17.4 Å². The minimum Gasteiger partial charge on any atom is -0.449 e. The maximum atomic E-state index is 15.4. The number of nitrogens with two attached hydrogens (primary N) is 1. The fraction of sp³-hybridized carbons (Fsp3) is 0.412. The Morgan fingerprint density at radius 2 is 1.93 bits per heavy atom. The third kappa shape index (κ3) is 2.85. The lowest BCUT2D eigenvalue weighted by atomic mass is 10.1. The van der Waals surface area contributed by atoms with Gasteiger partial charge >= 0.3 is 6.16 Å². The van der Waals surface area contributed by atoms with Crippen LogP contribution in [0.15, 0.2) is 11.0 Å². The van der Waals surface area contributed by atoms with Crippen LogP contribution in [0, 0.1) is 11.6 Å². The van der Waals surface area contributed by atoms with Crippen LogP contribution >= 0.6 is 0 Å². The Morgan fingerprint density at radius 1 is 1.26 bits per heavy atom. The summed E-state index contributed by atoms with van der Waals surface area (Å²) in [6, 6.07) is -0.125. The number of benzene rings is 1. The number of hydrogen-bond donors (Lipinski definition) is 3. The normalized spacial score (nSPS) is 17.3. The number of ether oxygens (including phenoxy) is 1. The van der Waals surface area contributed by atoms with Crippen molar-refractivity contribution in [2.75, 3.05) is 36.8 Å². The Kier molecular flexibility index (Phi) is 4.14. The lowest BCUT2D eigenvalue weighted by Crippen LogP contribution is -2.44. The first-order chi connectivity index (χ1) is 12.9. The summed E-state index contributed by atoms with van der Waals surface area (Å²) in [4.78, 5) is 25.1. The number of carboxylic acid groups (broad SMARTS) is 1. The van der Waals surface area contributed by atoms with E-state index >= 15 is 4.39 Å². The predicted molar refractivity (Wildman–Crippen MR) is 94.5 cm³/mol. The molecule has 0 radical (unpaired) electrons. The smallest absolute Gasteiger partial charge is 0.449 e. The Morgan fingerprint density at radius 3 is 2.52 bits per heavy atom. The van der Waals surface area contributed by atoms with Crippen molar-refractivity contribution in [3.05, 3.63) is 28.1 Å². The quantitative estimate of drug-likeness (QED) is 0.549. The van der Waals surface area contributed by atoms with E-state index in [1.165, 1.54) is 10.8 Å². The van der Waals surface area contributed by atoms with Crippen LogP contribution in [0.25, 0.3) is 10.9 Å². The molecule has 2 aliphatic rings. The summed E-state index contributed by atoms with van der Waals surface area (Å²) in [5.41, 5.74) is 4.05. The molecule has 1 aliphatic heterocycles. The number of rotatable bonds is 3. The highest BCUT2D eigenvalue weighted by Crippen LogP contribution is 2.42. The molecule has 0 atom stereocenters. The molecule has 4 rings (SSSR count). The van der Waals surface area contributed by atoms with Gasteiger partial charge in [-0.2, -0.15) is 0 Å². The number of nitrogens with zero attached hydrogens (tertiary/aromatic N) is 2. The molecule has 144 valence electrons. The van der Waals surface area contributed by atoms with Crippen molar-refractivity contribution >= 4 is 28.4 Å². The maximum absolute atomic E-state index is 15.4. The molecule has 0 bridgehead atoms. The van der Waals surface area contributed by atoms with Gasteiger partial charge in [0.2, 0.25) is 5.43 Å². The van der Waals surface area contributed by atoms with Gasteiger partial charge in [-0.1, -0.05) is 0 Å². The minimum atomic E-state index is -1.69. The van der Waals surface area contributed by atoms with Crippen LogP contribution in [-0.4, -0.2) is 42.0 Å². The second kappa shape index (κ2) is 6.38. The van der Waals surface area contributed by atoms with E-state index in [1.54, 1.807) is 4.90 Å². The zero-order valence-electron chi connectivity index (χ0n) is 14.3. The summed E-state index contributed by atoms with van der Waals surface area (Å²) in [5.74, 6) is -2.42. The number of anilines is 2. The molecule has 2 aromatic rings. The molecule has 27 heavy (non-hydrogen) atoms. The number of piperazine rings is 1. The van der Waals surface area contributed by atoms with Crippen LogP contribution in [0.4, 0.5) is 25.0 Å². The van der Waals surface area contributed by atoms with E-state index in [-0.39, 0.29) is 17.2 Å². The van der Waals surface area contributed by atoms with E-state index in [4.69, 9.17) is 10.8 Å². The Labute approximate surface area is 152 Å². The second-order valence-corrected chi connectivity index (χ2v) is 6.68. The van der Waals surface area contributed by atoms with Crippen molar-refractivity contribution < 1.29 is 23.4 Å². The number of carbonyl (C=O) groups is 1. The van der Waals surface area contributed by atoms with E-state index in [1.807, 2.05) is 0 Å². The predicted octanol–water partition coefficient (Wildman–Crippen LogP) is 1.66. The lowest BCUT2D eigenvalue weighted by Gasteiger charge is -2.31. The molecule has 1 aliphatic carbocycles. The molecule has 0 amide bonds. The molecule has 2 heterocycles. The molecule has 10 heteroatoms. The van der Waals surface area contributed by atoms with Gasteiger partial charge < -0.3 is 30.4 Å². The maximum Gasteiger partial charge on any atom is 0.511 e. The Balaban J connectivity index is 2.04. The van der Waals surface area contributed by atoms with Crippen LogP contribution in [0.1, 0.15) is 18.9 Å². The van der Waals surface area contributed by atoms with Crippen molar-refractivity contribution in [2.24, 2.45) is 0 Å². The van der Waals surface area contributed by atoms with Crippen molar-refractivity contribution in [3.63, 3.8) is 0 Å². The molecule has 8 nitrogen and oxygen atoms in total. The summed E-state index contributed by atoms with van der Waals surface area (Å²) in [6.45, 7) is 1.93. The van der Waals surface area contributed by atoms with E-state index in [0.29, 0.717) is 26.2 Å². The SMILES string of the molecule is Nc1c(F)c(N2CCNCC2)c(F)c2c1c(=O)c(OC(=O)O)cn2C1CC1. The molecular weight excluding hydrogens is 362 g/mol. The summed E-state index contributed by atoms with van der Waals surface area (Å²) in [5, 5.41) is 11.5. The van der Waals surface area contributed by atoms with E-state index in [2.05, 4.69) is 10.1 Å². The van der Waals surface area contributed by atoms with Crippen LogP contribution < -0.4 is 26.1 Å². The van der Waals surface area contributed by atoms with Gasteiger partial charge in [-0.05, 0) is 12.8 Å². The first-order valence-electron chi connectivity index (χ1n) is 8.62. The topological polar surface area (TPSA) is 110 Å². The number of fused-ring (bicyclic) bond motifs is 1. The molecule has 4 N–H and O–H groups in total. The number of aromatic nitrogens is 1. The Bertz CT molecular complexity index is 997. The van der Waals surface area contributed by atoms with Crippen LogP contribution in [0.3, 0.4) is 0 Å². The molecular formula is C17H18F2N4O4. The van der Waals surface area contributed by atoms with Gasteiger partial charge in [0.25, 0.3) is 0 Å². The number of halogens is 2. The molecule has 0 unspecified atom stereocenters. The van der Waals surface area contributed by atoms with Crippen molar-refractivity contribution in [2.45, 2.75) is 18.9 Å². The van der Waals surface area contributed by atoms with E-state index in [9.17, 15) is 14.0 Å². The Hall–Kier alpha value is -2.88. The summed E-state index contributed by atoms with van der Waals surface area (Å²) in [6.07, 6.45) is 0.929. The highest BCUT2D eigenvalue weighted by atomic mass is 19.1. The van der Waals surface area contributed by atoms with Gasteiger partial charge in [-0.3, -0.25) is 4.79 Å². The number of hydrogen-bond acceptors (Lipinski definition) is 6. The van der Waals surface area contributed by atoms with Crippen LogP contribution in [0.5, 0.6) is 5.75 Å². The van der Waals surface area contributed by atoms with Crippen molar-refractivity contribution in [3.8, 4) is 5.75 Å². The third-order valence-corrected chi connectivity index (χ3v) is 4.90. The van der Waals surface area contributed by atoms with E-state index < -0.39 is 40.0 Å². The van der Waals surface area contributed by atoms with Gasteiger partial charge in [-0.25, -0.2) is 13.6 Å². The zero-order chi connectivity index (χ0) is 19.3. The standard InChI is InChI=1S/C17H18F2N4O4/c18-11-13(20)10-14(12(19)15(11)22-5-3-21-4-6-22)23(8-1-2-8)7-9(16(10)24)27-17(25)26/h7-8,21H,1-6,20H2,(H,25,26). The number of nitrogens with one attached hydrogen (secondary N) is 1. The lowest BCUT2D eigenvalue weighted by molar-refractivity contribution is 0.143. The average molecular weight is 380 g/mol. The van der Waals surface area contributed by atoms with Crippen molar-refractivity contribution in [1.82, 2.24) is 9.88 Å². The second-order valence-electron chi connectivity index (χ2n) is 6.68. The molecule has 1 aromatic heterocycles. The van der Waals surface area contributed by atoms with Gasteiger partial charge in [0.05, 0.1) is 22.8 Å². The largest absolute Gasteiger partial charge is 0.511 e. The fourth-order valence-electron chi connectivity index (χ4n) is 3.50. The number of pyridine rings is 1. The van der Waals surface area contributed by atoms with Crippen LogP contribution in [0.2, 0.25) is 0 Å². The zero-order valence-corrected chi connectivity index (χ0v) is 14.3. The summed E-state index contributed by atoms with van der Waals surface area (Å²) < 4.78 is 36.4. The van der Waals surface area contributed by atoms with Crippen LogP contribution in [-0.2, 0) is 0 Å². The molecule has 1 saturated heterocycles. The molecule has 2 fully saturated rings. The first-order valence-corrected chi connectivity index (χ1v) is 8.62. The van der Waals surface area contributed by atoms with Gasteiger partial charge in [0, 0.05) is 32.2 Å². The first kappa shape index (κ1) is 17.5. The molecule has 1 saturated carbocycles. The highest BCUT2D eigenvalue weighted by molar-refractivity contribution is 5.96. The minimum absolute atomic E-state index is 0.118.